The predicted octanol–water partition coefficient (Wildman–Crippen LogP) is 7.51. The zero-order valence-electron chi connectivity index (χ0n) is 22.1. The molecule has 0 radical (unpaired) electrons. The summed E-state index contributed by atoms with van der Waals surface area (Å²) in [5, 5.41) is 0. The van der Waals surface area contributed by atoms with E-state index in [1.807, 2.05) is 0 Å². The summed E-state index contributed by atoms with van der Waals surface area (Å²) in [6.07, 6.45) is 13.9. The van der Waals surface area contributed by atoms with Crippen LogP contribution in [-0.4, -0.2) is 30.8 Å². The Labute approximate surface area is 212 Å². The highest BCUT2D eigenvalue weighted by Crippen LogP contribution is 2.46. The second-order valence-corrected chi connectivity index (χ2v) is 11.7. The highest BCUT2D eigenvalue weighted by atomic mass is 19.1. The van der Waals surface area contributed by atoms with E-state index in [9.17, 15) is 9.59 Å². The van der Waals surface area contributed by atoms with Crippen LogP contribution in [0.25, 0.3) is 0 Å². The molecule has 0 amide bonds. The fourth-order valence-corrected chi connectivity index (χ4v) is 6.83. The zero-order valence-corrected chi connectivity index (χ0v) is 22.1. The second-order valence-electron chi connectivity index (χ2n) is 11.7. The minimum atomic E-state index is -0.686. The smallest absolute Gasteiger partial charge is 0.333 e. The van der Waals surface area contributed by atoms with E-state index in [1.165, 1.54) is 32.1 Å². The molecule has 3 saturated carbocycles. The molecule has 0 saturated heterocycles. The van der Waals surface area contributed by atoms with Gasteiger partial charge < -0.3 is 9.47 Å². The molecular formula is C30H47FO4. The lowest BCUT2D eigenvalue weighted by atomic mass is 9.65. The number of hydrogen-bond acceptors (Lipinski definition) is 4. The molecule has 3 aliphatic carbocycles. The Bertz CT molecular complexity index is 739. The molecule has 3 aliphatic rings. The molecule has 5 unspecified atom stereocenters. The molecule has 0 N–H and O–H groups in total. The summed E-state index contributed by atoms with van der Waals surface area (Å²) in [6.45, 7) is 11.1. The molecule has 0 spiro atoms. The maximum Gasteiger partial charge on any atom is 0.333 e. The molecule has 5 heteroatoms. The van der Waals surface area contributed by atoms with E-state index in [2.05, 4.69) is 13.2 Å². The van der Waals surface area contributed by atoms with Crippen molar-refractivity contribution in [1.29, 1.82) is 0 Å². The molecule has 4 nitrogen and oxygen atoms in total. The van der Waals surface area contributed by atoms with Crippen molar-refractivity contribution >= 4 is 11.9 Å². The van der Waals surface area contributed by atoms with Gasteiger partial charge in [-0.25, -0.2) is 14.0 Å². The summed E-state index contributed by atoms with van der Waals surface area (Å²) in [6, 6.07) is 0. The van der Waals surface area contributed by atoms with Crippen LogP contribution in [0.3, 0.4) is 0 Å². The summed E-state index contributed by atoms with van der Waals surface area (Å²) in [4.78, 5) is 23.4. The molecule has 3 fully saturated rings. The molecule has 3 rings (SSSR count). The van der Waals surface area contributed by atoms with E-state index in [0.717, 1.165) is 57.8 Å². The van der Waals surface area contributed by atoms with Crippen molar-refractivity contribution in [2.45, 2.75) is 116 Å². The van der Waals surface area contributed by atoms with Crippen LogP contribution >= 0.6 is 0 Å². The fraction of sp³-hybridized carbons (Fsp3) is 0.800. The topological polar surface area (TPSA) is 52.6 Å². The first kappa shape index (κ1) is 27.9. The van der Waals surface area contributed by atoms with E-state index in [1.54, 1.807) is 13.8 Å². The van der Waals surface area contributed by atoms with Gasteiger partial charge in [-0.1, -0.05) is 26.0 Å². The minimum absolute atomic E-state index is 0.0352. The Morgan fingerprint density at radius 3 is 2.11 bits per heavy atom. The fourth-order valence-electron chi connectivity index (χ4n) is 6.83. The lowest BCUT2D eigenvalue weighted by molar-refractivity contribution is -0.144. The average Bonchev–Trinajstić information content (AvgIpc) is 3.07. The number of hydrogen-bond donors (Lipinski definition) is 0. The van der Waals surface area contributed by atoms with Crippen molar-refractivity contribution in [3.05, 3.63) is 24.3 Å². The summed E-state index contributed by atoms with van der Waals surface area (Å²) in [5.74, 6) is 1.94. The van der Waals surface area contributed by atoms with Crippen LogP contribution in [-0.2, 0) is 19.1 Å². The molecular weight excluding hydrogens is 443 g/mol. The Kier molecular flexibility index (Phi) is 10.9. The lowest BCUT2D eigenvalue weighted by Crippen LogP contribution is -2.35. The van der Waals surface area contributed by atoms with Gasteiger partial charge in [0.25, 0.3) is 0 Å². The van der Waals surface area contributed by atoms with Gasteiger partial charge in [0.15, 0.2) is 0 Å². The number of alkyl halides is 1. The van der Waals surface area contributed by atoms with E-state index >= 15 is 4.39 Å². The summed E-state index contributed by atoms with van der Waals surface area (Å²) in [7, 11) is 0. The van der Waals surface area contributed by atoms with Gasteiger partial charge in [-0.2, -0.15) is 0 Å². The third-order valence-electron chi connectivity index (χ3n) is 8.95. The van der Waals surface area contributed by atoms with Gasteiger partial charge in [-0.15, -0.1) is 0 Å². The van der Waals surface area contributed by atoms with Gasteiger partial charge in [-0.3, -0.25) is 0 Å². The molecule has 0 bridgehead atoms. The predicted molar refractivity (Wildman–Crippen MR) is 137 cm³/mol. The number of ether oxygens (including phenoxy) is 2. The Hall–Kier alpha value is -1.65. The molecule has 5 atom stereocenters. The van der Waals surface area contributed by atoms with Crippen molar-refractivity contribution < 1.29 is 23.5 Å². The van der Waals surface area contributed by atoms with Crippen LogP contribution in [0.15, 0.2) is 24.3 Å². The van der Waals surface area contributed by atoms with Crippen LogP contribution in [0.1, 0.15) is 104 Å². The van der Waals surface area contributed by atoms with E-state index < -0.39 is 6.17 Å². The van der Waals surface area contributed by atoms with E-state index in [-0.39, 0.29) is 24.0 Å². The van der Waals surface area contributed by atoms with Gasteiger partial charge in [0.2, 0.25) is 0 Å². The molecule has 198 valence electrons. The standard InChI is InChI=1S/C30H47FO4/c1-20(2)29(32)34-18-6-7-22-10-12-23(13-11-22)25-15-17-27(28(31)19-25)24-8-5-9-26(16-14-24)35-30(33)21(3)4/h22-28H,1,3,5-19H2,2,4H3. The van der Waals surface area contributed by atoms with Crippen molar-refractivity contribution in [3.63, 3.8) is 0 Å². The summed E-state index contributed by atoms with van der Waals surface area (Å²) < 4.78 is 26.3. The monoisotopic (exact) mass is 490 g/mol. The van der Waals surface area contributed by atoms with Crippen molar-refractivity contribution in [3.8, 4) is 0 Å². The minimum Gasteiger partial charge on any atom is -0.462 e. The number of rotatable bonds is 9. The van der Waals surface area contributed by atoms with Crippen molar-refractivity contribution in [1.82, 2.24) is 0 Å². The quantitative estimate of drug-likeness (QED) is 0.145. The highest BCUT2D eigenvalue weighted by molar-refractivity contribution is 5.87. The molecule has 0 aliphatic heterocycles. The summed E-state index contributed by atoms with van der Waals surface area (Å²) in [5.41, 5.74) is 0.907. The number of carbonyl (C=O) groups is 2. The molecule has 0 aromatic rings. The Morgan fingerprint density at radius 1 is 0.800 bits per heavy atom. The van der Waals surface area contributed by atoms with Crippen molar-refractivity contribution in [2.24, 2.45) is 29.6 Å². The first-order valence-electron chi connectivity index (χ1n) is 14.1. The molecule has 0 heterocycles. The maximum atomic E-state index is 15.4. The van der Waals surface area contributed by atoms with E-state index in [4.69, 9.17) is 9.47 Å². The van der Waals surface area contributed by atoms with Crippen LogP contribution in [0, 0.1) is 29.6 Å². The van der Waals surface area contributed by atoms with Crippen LogP contribution in [0.4, 0.5) is 4.39 Å². The Balaban J connectivity index is 1.36. The molecule has 0 aromatic carbocycles. The number of esters is 2. The first-order chi connectivity index (χ1) is 16.7. The van der Waals surface area contributed by atoms with Crippen molar-refractivity contribution in [2.75, 3.05) is 6.61 Å². The second kappa shape index (κ2) is 13.6. The van der Waals surface area contributed by atoms with Gasteiger partial charge in [0.1, 0.15) is 12.3 Å². The third-order valence-corrected chi connectivity index (χ3v) is 8.95. The van der Waals surface area contributed by atoms with Crippen LogP contribution in [0.2, 0.25) is 0 Å². The normalized spacial score (nSPS) is 33.9. The van der Waals surface area contributed by atoms with E-state index in [0.29, 0.717) is 41.4 Å². The SMILES string of the molecule is C=C(C)C(=O)OCCCC1CCC(C2CCC(C3CCCC(OC(=O)C(=C)C)CC3)C(F)C2)CC1. The molecule has 35 heavy (non-hydrogen) atoms. The number of carbonyl (C=O) groups excluding carboxylic acids is 2. The first-order valence-corrected chi connectivity index (χ1v) is 14.1. The number of halogens is 1. The maximum absolute atomic E-state index is 15.4. The van der Waals surface area contributed by atoms with Crippen LogP contribution in [0.5, 0.6) is 0 Å². The highest BCUT2D eigenvalue weighted by Gasteiger charge is 2.39. The largest absolute Gasteiger partial charge is 0.462 e. The lowest BCUT2D eigenvalue weighted by Gasteiger charge is -2.41. The summed E-state index contributed by atoms with van der Waals surface area (Å²) >= 11 is 0. The Morgan fingerprint density at radius 2 is 1.46 bits per heavy atom. The third kappa shape index (κ3) is 8.46. The van der Waals surface area contributed by atoms with Gasteiger partial charge >= 0.3 is 11.9 Å². The van der Waals surface area contributed by atoms with Crippen LogP contribution < -0.4 is 0 Å². The zero-order chi connectivity index (χ0) is 25.4. The molecule has 0 aromatic heterocycles. The van der Waals surface area contributed by atoms with Gasteiger partial charge in [-0.05, 0) is 120 Å². The average molecular weight is 491 g/mol. The van der Waals surface area contributed by atoms with Gasteiger partial charge in [0, 0.05) is 11.1 Å². The van der Waals surface area contributed by atoms with Gasteiger partial charge in [0.05, 0.1) is 6.61 Å².